The van der Waals surface area contributed by atoms with Gasteiger partial charge in [-0.2, -0.15) is 0 Å². The summed E-state index contributed by atoms with van der Waals surface area (Å²) in [6, 6.07) is 10.2. The molecule has 0 saturated heterocycles. The van der Waals surface area contributed by atoms with Crippen molar-refractivity contribution in [1.82, 2.24) is 4.98 Å². The first kappa shape index (κ1) is 8.74. The van der Waals surface area contributed by atoms with Gasteiger partial charge in [-0.15, -0.1) is 0 Å². The number of oxazole rings is 1. The second-order valence-electron chi connectivity index (χ2n) is 2.75. The Balaban J connectivity index is 2.15. The quantitative estimate of drug-likeness (QED) is 0.793. The van der Waals surface area contributed by atoms with E-state index in [9.17, 15) is 0 Å². The van der Waals surface area contributed by atoms with Gasteiger partial charge in [0.15, 0.2) is 0 Å². The first-order valence-electron chi connectivity index (χ1n) is 3.98. The molecular weight excluding hydrogens is 277 g/mol. The summed E-state index contributed by atoms with van der Waals surface area (Å²) in [5.41, 5.74) is 2.24. The van der Waals surface area contributed by atoms with Gasteiger partial charge in [0.1, 0.15) is 6.26 Å². The lowest BCUT2D eigenvalue weighted by atomic mass is 10.1. The van der Waals surface area contributed by atoms with Crippen molar-refractivity contribution in [3.63, 3.8) is 0 Å². The normalized spacial score (nSPS) is 10.2. The van der Waals surface area contributed by atoms with Crippen LogP contribution in [0.25, 0.3) is 0 Å². The van der Waals surface area contributed by atoms with E-state index in [1.807, 2.05) is 18.2 Å². The molecule has 0 spiro atoms. The number of nitrogens with zero attached hydrogens (tertiary/aromatic N) is 1. The van der Waals surface area contributed by atoms with Gasteiger partial charge in [-0.05, 0) is 5.56 Å². The number of hydrogen-bond donors (Lipinski definition) is 0. The topological polar surface area (TPSA) is 26.0 Å². The van der Waals surface area contributed by atoms with E-state index in [2.05, 4.69) is 39.7 Å². The number of rotatable bonds is 2. The zero-order valence-corrected chi connectivity index (χ0v) is 9.06. The molecule has 0 radical (unpaired) electrons. The fraction of sp³-hybridized carbons (Fsp3) is 0.100. The van der Waals surface area contributed by atoms with Crippen LogP contribution in [0, 0.1) is 3.90 Å². The maximum absolute atomic E-state index is 5.11. The van der Waals surface area contributed by atoms with Crippen molar-refractivity contribution in [1.29, 1.82) is 0 Å². The first-order chi connectivity index (χ1) is 6.34. The summed E-state index contributed by atoms with van der Waals surface area (Å²) in [4.78, 5) is 4.23. The van der Waals surface area contributed by atoms with Crippen molar-refractivity contribution in [3.05, 3.63) is 51.7 Å². The zero-order chi connectivity index (χ0) is 9.10. The predicted octanol–water partition coefficient (Wildman–Crippen LogP) is 2.87. The Morgan fingerprint density at radius 1 is 1.23 bits per heavy atom. The van der Waals surface area contributed by atoms with Crippen LogP contribution in [0.2, 0.25) is 0 Å². The van der Waals surface area contributed by atoms with Gasteiger partial charge < -0.3 is 4.42 Å². The second-order valence-corrected chi connectivity index (χ2v) is 3.68. The van der Waals surface area contributed by atoms with Crippen LogP contribution in [-0.2, 0) is 6.42 Å². The molecule has 0 saturated carbocycles. The van der Waals surface area contributed by atoms with E-state index in [-0.39, 0.29) is 0 Å². The van der Waals surface area contributed by atoms with Crippen molar-refractivity contribution < 1.29 is 4.42 Å². The molecule has 0 N–H and O–H groups in total. The lowest BCUT2D eigenvalue weighted by Crippen LogP contribution is -1.87. The van der Waals surface area contributed by atoms with E-state index >= 15 is 0 Å². The Morgan fingerprint density at radius 3 is 2.62 bits per heavy atom. The van der Waals surface area contributed by atoms with E-state index < -0.39 is 0 Å². The fourth-order valence-corrected chi connectivity index (χ4v) is 1.61. The lowest BCUT2D eigenvalue weighted by Gasteiger charge is -1.94. The van der Waals surface area contributed by atoms with Gasteiger partial charge >= 0.3 is 0 Å². The maximum atomic E-state index is 5.11. The molecule has 0 aliphatic heterocycles. The minimum Gasteiger partial charge on any atom is -0.440 e. The number of halogens is 1. The van der Waals surface area contributed by atoms with Crippen LogP contribution in [0.4, 0.5) is 0 Å². The molecule has 3 heteroatoms. The highest BCUT2D eigenvalue weighted by Crippen LogP contribution is 2.10. The second kappa shape index (κ2) is 3.91. The van der Waals surface area contributed by atoms with Crippen LogP contribution in [0.15, 0.2) is 41.0 Å². The molecule has 1 aromatic heterocycles. The first-order valence-corrected chi connectivity index (χ1v) is 5.06. The summed E-state index contributed by atoms with van der Waals surface area (Å²) in [6.07, 6.45) is 2.54. The van der Waals surface area contributed by atoms with Crippen molar-refractivity contribution >= 4 is 22.6 Å². The largest absolute Gasteiger partial charge is 0.440 e. The SMILES string of the molecule is Ic1nc(Cc2ccccc2)co1. The van der Waals surface area contributed by atoms with E-state index in [4.69, 9.17) is 4.42 Å². The fourth-order valence-electron chi connectivity index (χ4n) is 1.17. The van der Waals surface area contributed by atoms with Crippen LogP contribution < -0.4 is 0 Å². The minimum atomic E-state index is 0.698. The molecule has 0 amide bonds. The summed E-state index contributed by atoms with van der Waals surface area (Å²) < 4.78 is 5.81. The van der Waals surface area contributed by atoms with E-state index in [1.54, 1.807) is 6.26 Å². The highest BCUT2D eigenvalue weighted by Gasteiger charge is 2.00. The number of aromatic nitrogens is 1. The molecule has 1 aromatic carbocycles. The lowest BCUT2D eigenvalue weighted by molar-refractivity contribution is 0.524. The molecule has 0 aliphatic rings. The standard InChI is InChI=1S/C10H8INO/c11-10-12-9(7-13-10)6-8-4-2-1-3-5-8/h1-5,7H,6H2. The van der Waals surface area contributed by atoms with E-state index in [1.165, 1.54) is 5.56 Å². The van der Waals surface area contributed by atoms with Gasteiger partial charge in [-0.3, -0.25) is 0 Å². The highest BCUT2D eigenvalue weighted by molar-refractivity contribution is 14.1. The summed E-state index contributed by atoms with van der Waals surface area (Å²) in [7, 11) is 0. The van der Waals surface area contributed by atoms with Gasteiger partial charge in [-0.25, -0.2) is 4.98 Å². The predicted molar refractivity (Wildman–Crippen MR) is 58.5 cm³/mol. The molecule has 1 heterocycles. The summed E-state index contributed by atoms with van der Waals surface area (Å²) in [5, 5.41) is 0. The van der Waals surface area contributed by atoms with Crippen molar-refractivity contribution in [2.24, 2.45) is 0 Å². The van der Waals surface area contributed by atoms with Gasteiger partial charge in [-0.1, -0.05) is 30.3 Å². The Hall–Kier alpha value is -0.840. The molecule has 0 fully saturated rings. The molecule has 13 heavy (non-hydrogen) atoms. The number of benzene rings is 1. The van der Waals surface area contributed by atoms with Crippen molar-refractivity contribution in [2.45, 2.75) is 6.42 Å². The molecule has 2 rings (SSSR count). The third-order valence-corrected chi connectivity index (χ3v) is 2.25. The molecule has 66 valence electrons. The van der Waals surface area contributed by atoms with Crippen LogP contribution >= 0.6 is 22.6 Å². The van der Waals surface area contributed by atoms with Crippen molar-refractivity contribution in [3.8, 4) is 0 Å². The zero-order valence-electron chi connectivity index (χ0n) is 6.90. The third kappa shape index (κ3) is 2.30. The van der Waals surface area contributed by atoms with Gasteiger partial charge in [0, 0.05) is 29.0 Å². The number of hydrogen-bond acceptors (Lipinski definition) is 2. The van der Waals surface area contributed by atoms with Crippen LogP contribution in [-0.4, -0.2) is 4.98 Å². The van der Waals surface area contributed by atoms with Gasteiger partial charge in [0.2, 0.25) is 0 Å². The summed E-state index contributed by atoms with van der Waals surface area (Å²) in [6.45, 7) is 0. The van der Waals surface area contributed by atoms with Crippen molar-refractivity contribution in [2.75, 3.05) is 0 Å². The smallest absolute Gasteiger partial charge is 0.257 e. The summed E-state index contributed by atoms with van der Waals surface area (Å²) >= 11 is 2.07. The molecular formula is C10H8INO. The van der Waals surface area contributed by atoms with Gasteiger partial charge in [0.05, 0.1) is 5.69 Å². The van der Waals surface area contributed by atoms with E-state index in [0.29, 0.717) is 3.90 Å². The molecule has 2 nitrogen and oxygen atoms in total. The van der Waals surface area contributed by atoms with E-state index in [0.717, 1.165) is 12.1 Å². The van der Waals surface area contributed by atoms with Crippen LogP contribution in [0.5, 0.6) is 0 Å². The molecule has 2 aromatic rings. The minimum absolute atomic E-state index is 0.698. The monoisotopic (exact) mass is 285 g/mol. The molecule has 0 aliphatic carbocycles. The molecule has 0 unspecified atom stereocenters. The van der Waals surface area contributed by atoms with Crippen LogP contribution in [0.3, 0.4) is 0 Å². The molecule has 0 bridgehead atoms. The maximum Gasteiger partial charge on any atom is 0.257 e. The Labute approximate surface area is 90.1 Å². The van der Waals surface area contributed by atoms with Crippen LogP contribution in [0.1, 0.15) is 11.3 Å². The average Bonchev–Trinajstić information content (AvgIpc) is 2.53. The molecule has 0 atom stereocenters. The van der Waals surface area contributed by atoms with Gasteiger partial charge in [0.25, 0.3) is 3.90 Å². The Kier molecular flexibility index (Phi) is 2.63. The Bertz CT molecular complexity index is 383. The average molecular weight is 285 g/mol. The Morgan fingerprint density at radius 2 is 2.00 bits per heavy atom. The third-order valence-electron chi connectivity index (χ3n) is 1.75. The summed E-state index contributed by atoms with van der Waals surface area (Å²) in [5.74, 6) is 0. The highest BCUT2D eigenvalue weighted by atomic mass is 127.